The Labute approximate surface area is 400 Å². The molecule has 0 N–H and O–H groups in total. The van der Waals surface area contributed by atoms with Crippen LogP contribution < -0.4 is 9.80 Å². The summed E-state index contributed by atoms with van der Waals surface area (Å²) in [4.78, 5) is 4.91. The topological polar surface area (TPSA) is 6.48 Å². The van der Waals surface area contributed by atoms with Gasteiger partial charge < -0.3 is 9.80 Å². The maximum atomic E-state index is 2.48. The molecule has 0 aromatic heterocycles. The molecule has 0 heterocycles. The summed E-state index contributed by atoms with van der Waals surface area (Å²) in [6, 6.07) is 75.2. The van der Waals surface area contributed by atoms with Gasteiger partial charge in [0.05, 0.1) is 0 Å². The van der Waals surface area contributed by atoms with Gasteiger partial charge >= 0.3 is 0 Å². The molecule has 2 heteroatoms. The van der Waals surface area contributed by atoms with E-state index >= 15 is 0 Å². The zero-order chi connectivity index (χ0) is 46.3. The zero-order valence-corrected chi connectivity index (χ0v) is 39.9. The molecule has 10 aromatic rings. The average Bonchev–Trinajstić information content (AvgIpc) is 3.73. The van der Waals surface area contributed by atoms with Crippen molar-refractivity contribution in [1.29, 1.82) is 0 Å². The van der Waals surface area contributed by atoms with E-state index in [0.29, 0.717) is 0 Å². The second-order valence-electron chi connectivity index (χ2n) is 21.0. The van der Waals surface area contributed by atoms with Gasteiger partial charge in [-0.1, -0.05) is 169 Å². The fourth-order valence-corrected chi connectivity index (χ4v) is 12.7. The van der Waals surface area contributed by atoms with Crippen LogP contribution in [0.15, 0.2) is 200 Å². The first kappa shape index (κ1) is 40.6. The lowest BCUT2D eigenvalue weighted by Gasteiger charge is -2.38. The monoisotopic (exact) mass is 874 g/mol. The smallest absolute Gasteiger partial charge is 0.0468 e. The molecule has 0 aliphatic heterocycles. The molecular weight excluding hydrogens is 821 g/mol. The van der Waals surface area contributed by atoms with Crippen LogP contribution in [0.2, 0.25) is 0 Å². The van der Waals surface area contributed by atoms with E-state index < -0.39 is 0 Å². The summed E-state index contributed by atoms with van der Waals surface area (Å²) in [5.41, 5.74) is 24.0. The summed E-state index contributed by atoms with van der Waals surface area (Å²) in [7, 11) is 0. The van der Waals surface area contributed by atoms with Crippen molar-refractivity contribution in [2.24, 2.45) is 0 Å². The summed E-state index contributed by atoms with van der Waals surface area (Å²) in [5, 5.41) is 5.23. The SMILES string of the molecule is Cc1c2c3c(cccc3c3cc(N(c4ccccc4)c4ccc5c(c4)C(C)(C)c4ccccc4-5)ccc13)C(C)(C)c1cc(N(c3ccccc3)c3ccc4c(c3)C(C)(C)c3ccccc3-4)ccc1-2. The zero-order valence-electron chi connectivity index (χ0n) is 39.9. The lowest BCUT2D eigenvalue weighted by atomic mass is 9.67. The Bertz CT molecular complexity index is 3720. The maximum Gasteiger partial charge on any atom is 0.0468 e. The minimum Gasteiger partial charge on any atom is -0.310 e. The summed E-state index contributed by atoms with van der Waals surface area (Å²) < 4.78 is 0. The molecule has 0 spiro atoms. The highest BCUT2D eigenvalue weighted by atomic mass is 15.1. The number of hydrogen-bond acceptors (Lipinski definition) is 2. The van der Waals surface area contributed by atoms with Gasteiger partial charge in [-0.25, -0.2) is 0 Å². The van der Waals surface area contributed by atoms with Gasteiger partial charge in [0.15, 0.2) is 0 Å². The second-order valence-corrected chi connectivity index (χ2v) is 21.0. The average molecular weight is 875 g/mol. The van der Waals surface area contributed by atoms with Crippen molar-refractivity contribution in [1.82, 2.24) is 0 Å². The number of aryl methyl sites for hydroxylation is 1. The summed E-state index contributed by atoms with van der Waals surface area (Å²) in [6.45, 7) is 16.7. The highest BCUT2D eigenvalue weighted by molar-refractivity contribution is 6.19. The third-order valence-electron chi connectivity index (χ3n) is 16.2. The van der Waals surface area contributed by atoms with Crippen LogP contribution >= 0.6 is 0 Å². The number of fused-ring (bicyclic) bond motifs is 10. The molecule has 0 saturated carbocycles. The van der Waals surface area contributed by atoms with Crippen molar-refractivity contribution in [3.8, 4) is 33.4 Å². The van der Waals surface area contributed by atoms with Crippen LogP contribution in [0.4, 0.5) is 34.1 Å². The second kappa shape index (κ2) is 14.4. The normalized spacial score (nSPS) is 15.0. The third kappa shape index (κ3) is 5.64. The first-order valence-corrected chi connectivity index (χ1v) is 24.3. The minimum atomic E-state index is -0.273. The highest BCUT2D eigenvalue weighted by Crippen LogP contribution is 2.56. The Kier molecular flexibility index (Phi) is 8.60. The van der Waals surface area contributed by atoms with Gasteiger partial charge in [-0.2, -0.15) is 0 Å². The Hall–Kier alpha value is -7.68. The molecule has 0 atom stereocenters. The molecule has 3 aliphatic rings. The van der Waals surface area contributed by atoms with E-state index in [-0.39, 0.29) is 16.2 Å². The summed E-state index contributed by atoms with van der Waals surface area (Å²) >= 11 is 0. The predicted octanol–water partition coefficient (Wildman–Crippen LogP) is 18.2. The standard InChI is InChI=1S/C66H54N2/c1-41-48-33-29-44(67(42-19-10-8-11-20-42)45-30-34-51-49-23-14-16-26-56(49)64(2,3)59(51)38-45)37-55(48)53-25-18-28-58-63(53)62(41)54-36-32-47(40-61(54)66(58,6)7)68(43-21-12-9-13-22-43)46-31-35-52-50-24-15-17-27-57(50)65(4,5)60(52)39-46/h8-40H,1-7H3. The van der Waals surface area contributed by atoms with E-state index in [2.05, 4.69) is 258 Å². The van der Waals surface area contributed by atoms with Crippen molar-refractivity contribution in [3.63, 3.8) is 0 Å². The molecule has 0 bridgehead atoms. The van der Waals surface area contributed by atoms with Crippen LogP contribution in [0.3, 0.4) is 0 Å². The maximum absolute atomic E-state index is 2.48. The molecular formula is C66H54N2. The summed E-state index contributed by atoms with van der Waals surface area (Å²) in [5.74, 6) is 0. The molecule has 0 fully saturated rings. The van der Waals surface area contributed by atoms with Crippen molar-refractivity contribution < 1.29 is 0 Å². The fraction of sp³-hybridized carbons (Fsp3) is 0.152. The van der Waals surface area contributed by atoms with Crippen LogP contribution in [-0.2, 0) is 16.2 Å². The molecule has 0 radical (unpaired) electrons. The van der Waals surface area contributed by atoms with Gasteiger partial charge in [-0.15, -0.1) is 0 Å². The van der Waals surface area contributed by atoms with E-state index in [9.17, 15) is 0 Å². The Morgan fingerprint density at radius 2 is 0.676 bits per heavy atom. The number of para-hydroxylation sites is 2. The lowest BCUT2D eigenvalue weighted by Crippen LogP contribution is -2.25. The molecule has 2 nitrogen and oxygen atoms in total. The van der Waals surface area contributed by atoms with Crippen LogP contribution in [0, 0.1) is 6.92 Å². The first-order valence-electron chi connectivity index (χ1n) is 24.3. The van der Waals surface area contributed by atoms with Crippen LogP contribution in [0.25, 0.3) is 54.9 Å². The van der Waals surface area contributed by atoms with E-state index in [1.807, 2.05) is 0 Å². The Morgan fingerprint density at radius 3 is 1.21 bits per heavy atom. The van der Waals surface area contributed by atoms with Gasteiger partial charge in [0.2, 0.25) is 0 Å². The van der Waals surface area contributed by atoms with Gasteiger partial charge in [0.25, 0.3) is 0 Å². The number of rotatable bonds is 6. The number of benzene rings is 10. The van der Waals surface area contributed by atoms with E-state index in [1.54, 1.807) is 0 Å². The van der Waals surface area contributed by atoms with Crippen molar-refractivity contribution in [2.75, 3.05) is 9.80 Å². The molecule has 68 heavy (non-hydrogen) atoms. The third-order valence-corrected chi connectivity index (χ3v) is 16.2. The lowest BCUT2D eigenvalue weighted by molar-refractivity contribution is 0.645. The largest absolute Gasteiger partial charge is 0.310 e. The number of anilines is 6. The fourth-order valence-electron chi connectivity index (χ4n) is 12.7. The number of nitrogens with zero attached hydrogens (tertiary/aromatic N) is 2. The van der Waals surface area contributed by atoms with Crippen molar-refractivity contribution >= 4 is 55.7 Å². The van der Waals surface area contributed by atoms with Gasteiger partial charge in [-0.3, -0.25) is 0 Å². The highest BCUT2D eigenvalue weighted by Gasteiger charge is 2.39. The molecule has 0 unspecified atom stereocenters. The minimum absolute atomic E-state index is 0.0998. The van der Waals surface area contributed by atoms with Crippen LogP contribution in [0.1, 0.15) is 80.5 Å². The van der Waals surface area contributed by atoms with Gasteiger partial charge in [0, 0.05) is 50.4 Å². The van der Waals surface area contributed by atoms with Gasteiger partial charge in [0.1, 0.15) is 0 Å². The van der Waals surface area contributed by atoms with Crippen molar-refractivity contribution in [2.45, 2.75) is 64.7 Å². The predicted molar refractivity (Wildman–Crippen MR) is 288 cm³/mol. The van der Waals surface area contributed by atoms with Crippen molar-refractivity contribution in [3.05, 3.63) is 239 Å². The molecule has 3 aliphatic carbocycles. The number of hydrogen-bond donors (Lipinski definition) is 0. The van der Waals surface area contributed by atoms with E-state index in [1.165, 1.54) is 105 Å². The molecule has 13 rings (SSSR count). The van der Waals surface area contributed by atoms with E-state index in [0.717, 1.165) is 22.7 Å². The van der Waals surface area contributed by atoms with Crippen LogP contribution in [0.5, 0.6) is 0 Å². The molecule has 328 valence electrons. The Morgan fingerprint density at radius 1 is 0.279 bits per heavy atom. The quantitative estimate of drug-likeness (QED) is 0.154. The van der Waals surface area contributed by atoms with E-state index in [4.69, 9.17) is 0 Å². The first-order chi connectivity index (χ1) is 32.9. The van der Waals surface area contributed by atoms with Gasteiger partial charge in [-0.05, 0) is 174 Å². The van der Waals surface area contributed by atoms with Crippen LogP contribution in [-0.4, -0.2) is 0 Å². The molecule has 0 amide bonds. The Balaban J connectivity index is 0.966. The molecule has 10 aromatic carbocycles. The summed E-state index contributed by atoms with van der Waals surface area (Å²) in [6.07, 6.45) is 0. The molecule has 0 saturated heterocycles.